The van der Waals surface area contributed by atoms with Crippen molar-refractivity contribution in [2.24, 2.45) is 5.92 Å². The molecule has 4 nitrogen and oxygen atoms in total. The molecule has 0 bridgehead atoms. The van der Waals surface area contributed by atoms with Gasteiger partial charge in [0.15, 0.2) is 0 Å². The van der Waals surface area contributed by atoms with Crippen LogP contribution in [0.15, 0.2) is 0 Å². The summed E-state index contributed by atoms with van der Waals surface area (Å²) < 4.78 is 0. The lowest BCUT2D eigenvalue weighted by molar-refractivity contribution is -0.120. The third kappa shape index (κ3) is 6.47. The van der Waals surface area contributed by atoms with Gasteiger partial charge in [0.2, 0.25) is 5.91 Å². The summed E-state index contributed by atoms with van der Waals surface area (Å²) in [6, 6.07) is 0. The molecule has 0 aromatic heterocycles. The van der Waals surface area contributed by atoms with Gasteiger partial charge in [-0.25, -0.2) is 0 Å². The van der Waals surface area contributed by atoms with Crippen LogP contribution in [0, 0.1) is 5.92 Å². The maximum Gasteiger partial charge on any atom is 0.233 e. The van der Waals surface area contributed by atoms with Crippen molar-refractivity contribution in [2.45, 2.75) is 19.8 Å². The molecule has 0 saturated heterocycles. The van der Waals surface area contributed by atoms with Crippen LogP contribution in [0.3, 0.4) is 0 Å². The summed E-state index contributed by atoms with van der Waals surface area (Å²) >= 11 is 0. The van der Waals surface area contributed by atoms with E-state index in [-0.39, 0.29) is 5.91 Å². The van der Waals surface area contributed by atoms with Crippen LogP contribution in [0.4, 0.5) is 0 Å². The van der Waals surface area contributed by atoms with E-state index in [9.17, 15) is 4.79 Å². The molecule has 1 aliphatic rings. The van der Waals surface area contributed by atoms with Crippen LogP contribution in [0.5, 0.6) is 0 Å². The van der Waals surface area contributed by atoms with Gasteiger partial charge < -0.3 is 15.5 Å². The van der Waals surface area contributed by atoms with Gasteiger partial charge in [0.05, 0.1) is 6.54 Å². The van der Waals surface area contributed by atoms with E-state index in [0.717, 1.165) is 32.1 Å². The summed E-state index contributed by atoms with van der Waals surface area (Å²) in [5, 5.41) is 6.07. The van der Waals surface area contributed by atoms with E-state index in [2.05, 4.69) is 29.5 Å². The fourth-order valence-electron chi connectivity index (χ4n) is 1.27. The van der Waals surface area contributed by atoms with E-state index in [1.54, 1.807) is 0 Å². The van der Waals surface area contributed by atoms with Gasteiger partial charge in [-0.05, 0) is 32.4 Å². The highest BCUT2D eigenvalue weighted by molar-refractivity contribution is 5.77. The van der Waals surface area contributed by atoms with Gasteiger partial charge in [-0.15, -0.1) is 0 Å². The Hall–Kier alpha value is -0.610. The second-order valence-electron chi connectivity index (χ2n) is 4.32. The van der Waals surface area contributed by atoms with Crippen LogP contribution in [0.1, 0.15) is 19.8 Å². The molecule has 15 heavy (non-hydrogen) atoms. The van der Waals surface area contributed by atoms with E-state index in [4.69, 9.17) is 0 Å². The smallest absolute Gasteiger partial charge is 0.233 e. The van der Waals surface area contributed by atoms with Crippen LogP contribution in [0.2, 0.25) is 0 Å². The lowest BCUT2D eigenvalue weighted by Crippen LogP contribution is -2.37. The molecule has 0 spiro atoms. The van der Waals surface area contributed by atoms with Crippen molar-refractivity contribution in [1.29, 1.82) is 0 Å². The Morgan fingerprint density at radius 3 is 2.80 bits per heavy atom. The van der Waals surface area contributed by atoms with Crippen molar-refractivity contribution in [3.8, 4) is 0 Å². The summed E-state index contributed by atoms with van der Waals surface area (Å²) in [6.45, 7) is 6.37. The lowest BCUT2D eigenvalue weighted by atomic mass is 10.4. The van der Waals surface area contributed by atoms with E-state index >= 15 is 0 Å². The standard InChI is InChI=1S/C11H23N3O/c1-3-14(2)7-6-12-9-11(15)13-8-10-4-5-10/h10,12H,3-9H2,1-2H3,(H,13,15). The molecule has 0 aromatic rings. The van der Waals surface area contributed by atoms with Gasteiger partial charge in [-0.1, -0.05) is 6.92 Å². The molecule has 4 heteroatoms. The first-order valence-corrected chi connectivity index (χ1v) is 5.88. The molecule has 0 aromatic carbocycles. The molecule has 0 radical (unpaired) electrons. The number of carbonyl (C=O) groups excluding carboxylic acids is 1. The highest BCUT2D eigenvalue weighted by Gasteiger charge is 2.21. The number of rotatable bonds is 8. The van der Waals surface area contributed by atoms with Crippen molar-refractivity contribution >= 4 is 5.91 Å². The highest BCUT2D eigenvalue weighted by Crippen LogP contribution is 2.27. The van der Waals surface area contributed by atoms with Gasteiger partial charge in [0, 0.05) is 19.6 Å². The van der Waals surface area contributed by atoms with Gasteiger partial charge in [-0.3, -0.25) is 4.79 Å². The Morgan fingerprint density at radius 2 is 2.20 bits per heavy atom. The highest BCUT2D eigenvalue weighted by atomic mass is 16.1. The Balaban J connectivity index is 1.87. The normalized spacial score (nSPS) is 15.7. The number of likely N-dealkylation sites (N-methyl/N-ethyl adjacent to an activating group) is 1. The number of nitrogens with one attached hydrogen (secondary N) is 2. The Morgan fingerprint density at radius 1 is 1.47 bits per heavy atom. The molecule has 1 saturated carbocycles. The Bertz CT molecular complexity index is 192. The van der Waals surface area contributed by atoms with Crippen LogP contribution >= 0.6 is 0 Å². The fourth-order valence-corrected chi connectivity index (χ4v) is 1.27. The topological polar surface area (TPSA) is 44.4 Å². The molecule has 1 amide bonds. The zero-order valence-corrected chi connectivity index (χ0v) is 9.88. The number of hydrogen-bond donors (Lipinski definition) is 2. The van der Waals surface area contributed by atoms with Crippen LogP contribution in [-0.2, 0) is 4.79 Å². The maximum atomic E-state index is 11.3. The lowest BCUT2D eigenvalue weighted by Gasteiger charge is -2.13. The molecule has 0 atom stereocenters. The summed E-state index contributed by atoms with van der Waals surface area (Å²) in [4.78, 5) is 13.5. The van der Waals surface area contributed by atoms with E-state index in [0.29, 0.717) is 6.54 Å². The molecular formula is C11H23N3O. The maximum absolute atomic E-state index is 11.3. The molecule has 1 aliphatic carbocycles. The summed E-state index contributed by atoms with van der Waals surface area (Å²) in [7, 11) is 2.08. The first kappa shape index (κ1) is 12.5. The third-order valence-electron chi connectivity index (χ3n) is 2.78. The van der Waals surface area contributed by atoms with E-state index in [1.807, 2.05) is 0 Å². The zero-order valence-electron chi connectivity index (χ0n) is 9.88. The molecule has 1 rings (SSSR count). The van der Waals surface area contributed by atoms with Crippen LogP contribution in [0.25, 0.3) is 0 Å². The van der Waals surface area contributed by atoms with Crippen molar-refractivity contribution < 1.29 is 4.79 Å². The first-order chi connectivity index (χ1) is 7.22. The van der Waals surface area contributed by atoms with Crippen molar-refractivity contribution in [3.05, 3.63) is 0 Å². The fraction of sp³-hybridized carbons (Fsp3) is 0.909. The molecular weight excluding hydrogens is 190 g/mol. The summed E-state index contributed by atoms with van der Waals surface area (Å²) in [5.74, 6) is 0.890. The minimum atomic E-state index is 0.126. The molecule has 88 valence electrons. The van der Waals surface area contributed by atoms with E-state index < -0.39 is 0 Å². The number of hydrogen-bond acceptors (Lipinski definition) is 3. The quantitative estimate of drug-likeness (QED) is 0.560. The Labute approximate surface area is 92.4 Å². The van der Waals surface area contributed by atoms with Crippen molar-refractivity contribution in [2.75, 3.05) is 39.8 Å². The number of carbonyl (C=O) groups is 1. The van der Waals surface area contributed by atoms with Crippen LogP contribution in [-0.4, -0.2) is 50.6 Å². The van der Waals surface area contributed by atoms with Crippen molar-refractivity contribution in [3.63, 3.8) is 0 Å². The molecule has 0 unspecified atom stereocenters. The second kappa shape index (κ2) is 6.80. The van der Waals surface area contributed by atoms with Crippen LogP contribution < -0.4 is 10.6 Å². The van der Waals surface area contributed by atoms with Gasteiger partial charge in [0.1, 0.15) is 0 Å². The summed E-state index contributed by atoms with van der Waals surface area (Å²) in [5.41, 5.74) is 0. The van der Waals surface area contributed by atoms with Gasteiger partial charge in [0.25, 0.3) is 0 Å². The van der Waals surface area contributed by atoms with Crippen molar-refractivity contribution in [1.82, 2.24) is 15.5 Å². The SMILES string of the molecule is CCN(C)CCNCC(=O)NCC1CC1. The Kier molecular flexibility index (Phi) is 5.65. The average Bonchev–Trinajstić information content (AvgIpc) is 3.04. The largest absolute Gasteiger partial charge is 0.355 e. The molecule has 0 heterocycles. The third-order valence-corrected chi connectivity index (χ3v) is 2.78. The molecule has 0 aliphatic heterocycles. The predicted molar refractivity (Wildman–Crippen MR) is 61.8 cm³/mol. The van der Waals surface area contributed by atoms with Gasteiger partial charge >= 0.3 is 0 Å². The number of amides is 1. The minimum absolute atomic E-state index is 0.126. The average molecular weight is 213 g/mol. The molecule has 1 fully saturated rings. The predicted octanol–water partition coefficient (Wildman–Crippen LogP) is 0.0539. The number of nitrogens with zero attached hydrogens (tertiary/aromatic N) is 1. The first-order valence-electron chi connectivity index (χ1n) is 5.88. The monoisotopic (exact) mass is 213 g/mol. The summed E-state index contributed by atoms with van der Waals surface area (Å²) in [6.07, 6.45) is 2.57. The minimum Gasteiger partial charge on any atom is -0.355 e. The molecule has 2 N–H and O–H groups in total. The van der Waals surface area contributed by atoms with E-state index in [1.165, 1.54) is 12.8 Å². The second-order valence-corrected chi connectivity index (χ2v) is 4.32. The van der Waals surface area contributed by atoms with Gasteiger partial charge in [-0.2, -0.15) is 0 Å². The zero-order chi connectivity index (χ0) is 11.1.